The summed E-state index contributed by atoms with van der Waals surface area (Å²) in [4.78, 5) is 13.1. The quantitative estimate of drug-likeness (QED) is 0.837. The lowest BCUT2D eigenvalue weighted by molar-refractivity contribution is 0.0922. The van der Waals surface area contributed by atoms with E-state index in [1.165, 1.54) is 23.6 Å². The third-order valence-corrected chi connectivity index (χ3v) is 8.87. The summed E-state index contributed by atoms with van der Waals surface area (Å²) in [5, 5.41) is 3.16. The highest BCUT2D eigenvalue weighted by Gasteiger charge is 2.40. The van der Waals surface area contributed by atoms with Gasteiger partial charge in [0.05, 0.1) is 4.90 Å². The van der Waals surface area contributed by atoms with Crippen molar-refractivity contribution >= 4 is 15.9 Å². The molecule has 2 aliphatic carbocycles. The van der Waals surface area contributed by atoms with Gasteiger partial charge in [-0.1, -0.05) is 36.8 Å². The van der Waals surface area contributed by atoms with E-state index in [9.17, 15) is 13.2 Å². The molecular formula is C23H26N2O3S. The average molecular weight is 411 g/mol. The summed E-state index contributed by atoms with van der Waals surface area (Å²) >= 11 is 0. The fourth-order valence-corrected chi connectivity index (χ4v) is 6.95. The number of rotatable bonds is 4. The molecule has 1 heterocycles. The Morgan fingerprint density at radius 1 is 1.03 bits per heavy atom. The molecule has 3 unspecified atom stereocenters. The van der Waals surface area contributed by atoms with Crippen LogP contribution < -0.4 is 5.32 Å². The van der Waals surface area contributed by atoms with Gasteiger partial charge in [-0.2, -0.15) is 4.31 Å². The number of hydrogen-bond donors (Lipinski definition) is 1. The lowest BCUT2D eigenvalue weighted by Crippen LogP contribution is -2.38. The zero-order valence-corrected chi connectivity index (χ0v) is 17.4. The Kier molecular flexibility index (Phi) is 4.51. The van der Waals surface area contributed by atoms with Crippen molar-refractivity contribution in [2.45, 2.75) is 56.6 Å². The number of benzene rings is 2. The second-order valence-corrected chi connectivity index (χ2v) is 10.7. The number of nitrogens with zero attached hydrogens (tertiary/aromatic N) is 1. The van der Waals surface area contributed by atoms with Crippen molar-refractivity contribution in [1.82, 2.24) is 9.62 Å². The van der Waals surface area contributed by atoms with Crippen LogP contribution in [-0.4, -0.2) is 24.7 Å². The van der Waals surface area contributed by atoms with Crippen LogP contribution in [-0.2, 0) is 23.1 Å². The number of amides is 1. The molecule has 2 aromatic carbocycles. The monoisotopic (exact) mass is 410 g/mol. The number of fused-ring (bicyclic) bond motifs is 3. The topological polar surface area (TPSA) is 66.5 Å². The Labute approximate surface area is 172 Å². The summed E-state index contributed by atoms with van der Waals surface area (Å²) < 4.78 is 28.2. The molecule has 0 saturated heterocycles. The minimum Gasteiger partial charge on any atom is -0.349 e. The molecule has 29 heavy (non-hydrogen) atoms. The summed E-state index contributed by atoms with van der Waals surface area (Å²) in [5.41, 5.74) is 3.17. The van der Waals surface area contributed by atoms with E-state index in [2.05, 4.69) is 5.32 Å². The molecule has 0 spiro atoms. The lowest BCUT2D eigenvalue weighted by atomic mass is 9.95. The third kappa shape index (κ3) is 3.28. The van der Waals surface area contributed by atoms with Crippen LogP contribution in [0.4, 0.5) is 0 Å². The smallest absolute Gasteiger partial charge is 0.251 e. The maximum absolute atomic E-state index is 13.3. The molecule has 2 saturated carbocycles. The summed E-state index contributed by atoms with van der Waals surface area (Å²) in [5.74, 6) is 1.17. The molecule has 2 bridgehead atoms. The summed E-state index contributed by atoms with van der Waals surface area (Å²) in [6.07, 6.45) is 4.74. The van der Waals surface area contributed by atoms with Crippen molar-refractivity contribution in [3.8, 4) is 0 Å². The zero-order valence-electron chi connectivity index (χ0n) is 16.6. The molecule has 0 aromatic heterocycles. The van der Waals surface area contributed by atoms with E-state index < -0.39 is 10.0 Å². The number of aryl methyl sites for hydroxylation is 1. The first-order valence-corrected chi connectivity index (χ1v) is 11.8. The normalized spacial score (nSPS) is 25.9. The van der Waals surface area contributed by atoms with Gasteiger partial charge in [0.25, 0.3) is 5.91 Å². The highest BCUT2D eigenvalue weighted by Crippen LogP contribution is 2.44. The Morgan fingerprint density at radius 3 is 2.38 bits per heavy atom. The lowest BCUT2D eigenvalue weighted by Gasteiger charge is -2.23. The molecular weight excluding hydrogens is 384 g/mol. The first-order chi connectivity index (χ1) is 13.9. The van der Waals surface area contributed by atoms with Crippen LogP contribution in [0, 0.1) is 18.8 Å². The standard InChI is InChI=1S/C23H26N2O3S/c1-15-6-8-18(23(26)24-21-11-16-7-9-17(21)10-16)12-22(15)29(27,28)25-13-19-4-2-3-5-20(19)14-25/h2-6,8,12,16-17,21H,7,9-11,13-14H2,1H3,(H,24,26). The van der Waals surface area contributed by atoms with Crippen molar-refractivity contribution in [2.75, 3.05) is 0 Å². The Morgan fingerprint density at radius 2 is 1.76 bits per heavy atom. The number of nitrogens with one attached hydrogen (secondary N) is 1. The van der Waals surface area contributed by atoms with Crippen LogP contribution in [0.3, 0.4) is 0 Å². The van der Waals surface area contributed by atoms with Gasteiger partial charge in [0.2, 0.25) is 10.0 Å². The second-order valence-electron chi connectivity index (χ2n) is 8.78. The minimum absolute atomic E-state index is 0.163. The van der Waals surface area contributed by atoms with Crippen molar-refractivity contribution in [2.24, 2.45) is 11.8 Å². The first kappa shape index (κ1) is 18.8. The van der Waals surface area contributed by atoms with Gasteiger partial charge < -0.3 is 5.32 Å². The largest absolute Gasteiger partial charge is 0.349 e. The van der Waals surface area contributed by atoms with E-state index >= 15 is 0 Å². The van der Waals surface area contributed by atoms with Gasteiger partial charge in [0.15, 0.2) is 0 Å². The molecule has 1 amide bonds. The molecule has 6 heteroatoms. The van der Waals surface area contributed by atoms with E-state index in [1.807, 2.05) is 24.3 Å². The molecule has 2 fully saturated rings. The fourth-order valence-electron chi connectivity index (χ4n) is 5.30. The predicted octanol–water partition coefficient (Wildman–Crippen LogP) is 3.62. The van der Waals surface area contributed by atoms with Crippen molar-refractivity contribution in [1.29, 1.82) is 0 Å². The molecule has 152 valence electrons. The van der Waals surface area contributed by atoms with E-state index in [1.54, 1.807) is 25.1 Å². The van der Waals surface area contributed by atoms with Gasteiger partial charge in [0, 0.05) is 24.7 Å². The molecule has 2 aromatic rings. The SMILES string of the molecule is Cc1ccc(C(=O)NC2CC3CCC2C3)cc1S(=O)(=O)N1Cc2ccccc2C1. The van der Waals surface area contributed by atoms with E-state index in [4.69, 9.17) is 0 Å². The maximum atomic E-state index is 13.3. The first-order valence-electron chi connectivity index (χ1n) is 10.4. The molecule has 0 radical (unpaired) electrons. The number of carbonyl (C=O) groups excluding carboxylic acids is 1. The van der Waals surface area contributed by atoms with E-state index in [0.29, 0.717) is 30.1 Å². The average Bonchev–Trinajstić information content (AvgIpc) is 3.43. The van der Waals surface area contributed by atoms with Crippen molar-refractivity contribution in [3.05, 3.63) is 64.7 Å². The summed E-state index contributed by atoms with van der Waals surface area (Å²) in [6, 6.07) is 13.1. The Bertz CT molecular complexity index is 1050. The fraction of sp³-hybridized carbons (Fsp3) is 0.435. The zero-order chi connectivity index (χ0) is 20.2. The molecule has 5 rings (SSSR count). The maximum Gasteiger partial charge on any atom is 0.251 e. The van der Waals surface area contributed by atoms with Gasteiger partial charge in [-0.15, -0.1) is 0 Å². The Balaban J connectivity index is 1.38. The van der Waals surface area contributed by atoms with Crippen LogP contribution in [0.2, 0.25) is 0 Å². The minimum atomic E-state index is -3.68. The van der Waals surface area contributed by atoms with E-state index in [0.717, 1.165) is 23.5 Å². The Hall–Kier alpha value is -2.18. The van der Waals surface area contributed by atoms with Crippen molar-refractivity contribution in [3.63, 3.8) is 0 Å². The van der Waals surface area contributed by atoms with Crippen molar-refractivity contribution < 1.29 is 13.2 Å². The molecule has 3 aliphatic rings. The predicted molar refractivity (Wildman–Crippen MR) is 111 cm³/mol. The van der Waals surface area contributed by atoms with Crippen LogP contribution in [0.15, 0.2) is 47.4 Å². The molecule has 1 aliphatic heterocycles. The molecule has 1 N–H and O–H groups in total. The molecule has 3 atom stereocenters. The highest BCUT2D eigenvalue weighted by molar-refractivity contribution is 7.89. The van der Waals surface area contributed by atoms with Crippen LogP contribution in [0.1, 0.15) is 52.7 Å². The van der Waals surface area contributed by atoms with Gasteiger partial charge in [-0.25, -0.2) is 8.42 Å². The van der Waals surface area contributed by atoms with Crippen LogP contribution in [0.5, 0.6) is 0 Å². The van der Waals surface area contributed by atoms with Gasteiger partial charge >= 0.3 is 0 Å². The van der Waals surface area contributed by atoms with E-state index in [-0.39, 0.29) is 16.8 Å². The third-order valence-electron chi connectivity index (χ3n) is 6.93. The number of sulfonamides is 1. The van der Waals surface area contributed by atoms with Crippen LogP contribution >= 0.6 is 0 Å². The highest BCUT2D eigenvalue weighted by atomic mass is 32.2. The van der Waals surface area contributed by atoms with Crippen LogP contribution in [0.25, 0.3) is 0 Å². The summed E-state index contributed by atoms with van der Waals surface area (Å²) in [6.45, 7) is 2.53. The van der Waals surface area contributed by atoms with Gasteiger partial charge in [-0.3, -0.25) is 4.79 Å². The number of hydrogen-bond acceptors (Lipinski definition) is 3. The van der Waals surface area contributed by atoms with Gasteiger partial charge in [-0.05, 0) is 66.8 Å². The number of carbonyl (C=O) groups is 1. The molecule has 5 nitrogen and oxygen atoms in total. The second kappa shape index (κ2) is 6.96. The summed E-state index contributed by atoms with van der Waals surface area (Å²) in [7, 11) is -3.68. The van der Waals surface area contributed by atoms with Gasteiger partial charge in [0.1, 0.15) is 0 Å².